The molecule has 6 heteroatoms. The van der Waals surface area contributed by atoms with Crippen LogP contribution in [0.1, 0.15) is 34.0 Å². The van der Waals surface area contributed by atoms with Crippen LogP contribution in [0.5, 0.6) is 0 Å². The second-order valence-corrected chi connectivity index (χ2v) is 6.83. The van der Waals surface area contributed by atoms with Crippen LogP contribution in [0.4, 0.5) is 0 Å². The molecule has 14 heavy (non-hydrogen) atoms. The number of hydrogen-bond acceptors (Lipinski definition) is 2. The van der Waals surface area contributed by atoms with Gasteiger partial charge >= 0.3 is 0 Å². The average molecular weight is 315 g/mol. The molecule has 1 unspecified atom stereocenters. The summed E-state index contributed by atoms with van der Waals surface area (Å²) in [4.78, 5) is 9.40. The van der Waals surface area contributed by atoms with E-state index in [0.29, 0.717) is 19.3 Å². The van der Waals surface area contributed by atoms with Crippen LogP contribution < -0.4 is 0 Å². The van der Waals surface area contributed by atoms with Crippen molar-refractivity contribution in [1.82, 2.24) is 0 Å². The molecule has 0 heterocycles. The molecular weight excluding hydrogens is 294 g/mol. The van der Waals surface area contributed by atoms with Gasteiger partial charge in [-0.15, -0.1) is 0 Å². The minimum atomic E-state index is -2.43. The predicted molar refractivity (Wildman–Crippen MR) is 62.8 cm³/mol. The largest absolute Gasteiger partial charge is 0.677 e. The molecule has 0 spiro atoms. The Kier molecular flexibility index (Phi) is 14.3. The van der Waals surface area contributed by atoms with Crippen molar-refractivity contribution in [2.45, 2.75) is 32.6 Å². The van der Waals surface area contributed by atoms with Gasteiger partial charge in [-0.25, -0.2) is 0 Å². The van der Waals surface area contributed by atoms with Crippen molar-refractivity contribution >= 4 is 18.3 Å². The maximum atomic E-state index is 9.40. The minimum absolute atomic E-state index is 0. The Morgan fingerprint density at radius 1 is 1.36 bits per heavy atom. The minimum Gasteiger partial charge on any atom is -0.677 e. The van der Waals surface area contributed by atoms with E-state index in [9.17, 15) is 4.89 Å². The van der Waals surface area contributed by atoms with Crippen molar-refractivity contribution in [3.05, 3.63) is 5.73 Å². The molecule has 0 rings (SSSR count). The first-order chi connectivity index (χ1) is 6.12. The van der Waals surface area contributed by atoms with Crippen LogP contribution in [-0.4, -0.2) is 24.2 Å². The summed E-state index contributed by atoms with van der Waals surface area (Å²) in [5.74, 6) is 0. The van der Waals surface area contributed by atoms with Crippen LogP contribution >= 0.6 is 6.49 Å². The first-order valence-corrected chi connectivity index (χ1v) is 7.59. The summed E-state index contributed by atoms with van der Waals surface area (Å²) in [6, 6.07) is 0. The summed E-state index contributed by atoms with van der Waals surface area (Å²) in [7, 11) is 0. The standard InChI is InChI=1S/C8H19NO2PS.Y.H2/c1-2-12(10,13)11-8-6-4-3-5-7-9;;/h9H,2-8H2,1H3,(H,10,13);;1H/q-1;;. The Morgan fingerprint density at radius 3 is 2.43 bits per heavy atom. The summed E-state index contributed by atoms with van der Waals surface area (Å²) in [6.07, 6.45) is 4.60. The van der Waals surface area contributed by atoms with Gasteiger partial charge in [-0.05, 0) is 18.2 Å². The van der Waals surface area contributed by atoms with Crippen LogP contribution in [0.15, 0.2) is 0 Å². The molecule has 1 atom stereocenters. The summed E-state index contributed by atoms with van der Waals surface area (Å²) >= 11 is 4.86. The third-order valence-electron chi connectivity index (χ3n) is 1.76. The van der Waals surface area contributed by atoms with E-state index in [1.54, 1.807) is 0 Å². The van der Waals surface area contributed by atoms with Gasteiger partial charge in [0.2, 0.25) is 0 Å². The first kappa shape index (κ1) is 18.0. The Morgan fingerprint density at radius 2 is 1.93 bits per heavy atom. The second-order valence-electron chi connectivity index (χ2n) is 2.95. The Hall–Kier alpha value is 1.63. The SMILES string of the molecule is CCP(O)(=S)OCCCCCC[NH-].[HH].[Y]. The van der Waals surface area contributed by atoms with Crippen LogP contribution in [-0.2, 0) is 49.0 Å². The molecule has 0 amide bonds. The van der Waals surface area contributed by atoms with Crippen molar-refractivity contribution in [3.63, 3.8) is 0 Å². The quantitative estimate of drug-likeness (QED) is 0.553. The van der Waals surface area contributed by atoms with Gasteiger partial charge < -0.3 is 15.2 Å². The van der Waals surface area contributed by atoms with Crippen LogP contribution in [0.2, 0.25) is 0 Å². The Balaban J connectivity index is -0.000000720. The maximum absolute atomic E-state index is 9.40. The zero-order valence-electron chi connectivity index (χ0n) is 8.74. The topological polar surface area (TPSA) is 53.3 Å². The molecule has 0 aliphatic carbocycles. The molecule has 0 aromatic carbocycles. The van der Waals surface area contributed by atoms with E-state index < -0.39 is 6.49 Å². The summed E-state index contributed by atoms with van der Waals surface area (Å²) in [5, 5.41) is 0. The summed E-state index contributed by atoms with van der Waals surface area (Å²) < 4.78 is 5.19. The zero-order valence-corrected chi connectivity index (χ0v) is 13.3. The van der Waals surface area contributed by atoms with Gasteiger partial charge in [0.05, 0.1) is 6.61 Å². The smallest absolute Gasteiger partial charge is 0.185 e. The van der Waals surface area contributed by atoms with E-state index in [2.05, 4.69) is 0 Å². The molecule has 0 aliphatic heterocycles. The van der Waals surface area contributed by atoms with Crippen molar-refractivity contribution < 1.29 is 43.6 Å². The predicted octanol–water partition coefficient (Wildman–Crippen LogP) is 3.18. The number of rotatable bonds is 8. The first-order valence-electron chi connectivity index (χ1n) is 4.73. The molecule has 0 aromatic rings. The molecular formula is C8H21NO2PSY-. The van der Waals surface area contributed by atoms with Crippen LogP contribution in [0, 0.1) is 0 Å². The summed E-state index contributed by atoms with van der Waals surface area (Å²) in [5.41, 5.74) is 6.93. The number of unbranched alkanes of at least 4 members (excludes halogenated alkanes) is 3. The molecule has 0 saturated heterocycles. The van der Waals surface area contributed by atoms with Gasteiger partial charge in [0.1, 0.15) is 0 Å². The van der Waals surface area contributed by atoms with E-state index in [1.165, 1.54) is 0 Å². The van der Waals surface area contributed by atoms with Gasteiger partial charge in [-0.1, -0.05) is 26.2 Å². The Bertz CT molecular complexity index is 177. The average Bonchev–Trinajstić information content (AvgIpc) is 2.11. The van der Waals surface area contributed by atoms with E-state index in [4.69, 9.17) is 22.1 Å². The summed E-state index contributed by atoms with van der Waals surface area (Å²) in [6.45, 7) is 0.492. The molecule has 3 nitrogen and oxygen atoms in total. The van der Waals surface area contributed by atoms with Crippen LogP contribution in [0.25, 0.3) is 5.73 Å². The third kappa shape index (κ3) is 11.7. The molecule has 0 fully saturated rings. The fraction of sp³-hybridized carbons (Fsp3) is 1.00. The second kappa shape index (κ2) is 11.1. The number of hydrogen-bond donors (Lipinski definition) is 1. The van der Waals surface area contributed by atoms with Crippen LogP contribution in [0.3, 0.4) is 0 Å². The van der Waals surface area contributed by atoms with Gasteiger partial charge in [0.15, 0.2) is 6.49 Å². The van der Waals surface area contributed by atoms with Crippen molar-refractivity contribution in [2.75, 3.05) is 19.3 Å². The molecule has 1 radical (unpaired) electrons. The fourth-order valence-corrected chi connectivity index (χ4v) is 1.70. The van der Waals surface area contributed by atoms with Gasteiger partial charge in [-0.2, -0.15) is 6.54 Å². The van der Waals surface area contributed by atoms with E-state index in [-0.39, 0.29) is 34.1 Å². The van der Waals surface area contributed by atoms with Crippen molar-refractivity contribution in [2.24, 2.45) is 0 Å². The normalized spacial score (nSPS) is 14.5. The molecule has 0 aliphatic rings. The van der Waals surface area contributed by atoms with Crippen molar-refractivity contribution in [3.8, 4) is 0 Å². The van der Waals surface area contributed by atoms with Gasteiger partial charge in [0, 0.05) is 40.3 Å². The van der Waals surface area contributed by atoms with E-state index in [1.807, 2.05) is 6.92 Å². The third-order valence-corrected chi connectivity index (χ3v) is 4.24. The molecule has 0 aromatic heterocycles. The number of nitrogens with one attached hydrogen (secondary N) is 1. The maximum Gasteiger partial charge on any atom is 0.185 e. The molecule has 0 saturated carbocycles. The fourth-order valence-electron chi connectivity index (χ4n) is 0.879. The monoisotopic (exact) mass is 315 g/mol. The van der Waals surface area contributed by atoms with Gasteiger partial charge in [0.25, 0.3) is 0 Å². The van der Waals surface area contributed by atoms with E-state index in [0.717, 1.165) is 25.7 Å². The van der Waals surface area contributed by atoms with E-state index >= 15 is 0 Å². The molecule has 85 valence electrons. The Labute approximate surface area is 119 Å². The zero-order chi connectivity index (χ0) is 10.2. The molecule has 0 bridgehead atoms. The van der Waals surface area contributed by atoms with Crippen molar-refractivity contribution in [1.29, 1.82) is 0 Å². The van der Waals surface area contributed by atoms with Gasteiger partial charge in [-0.3, -0.25) is 0 Å². The molecule has 2 N–H and O–H groups in total.